The van der Waals surface area contributed by atoms with Gasteiger partial charge in [-0.3, -0.25) is 0 Å². The molecule has 1 aliphatic rings. The number of H-pyrrole nitrogens is 1. The van der Waals surface area contributed by atoms with Crippen molar-refractivity contribution in [2.75, 3.05) is 13.1 Å². The molecule has 5 rings (SSSR count). The summed E-state index contributed by atoms with van der Waals surface area (Å²) in [5.41, 5.74) is 4.44. The van der Waals surface area contributed by atoms with E-state index in [4.69, 9.17) is 5.11 Å². The van der Waals surface area contributed by atoms with Gasteiger partial charge in [-0.15, -0.1) is 0 Å². The van der Waals surface area contributed by atoms with Crippen molar-refractivity contribution in [2.24, 2.45) is 0 Å². The molecule has 31 heavy (non-hydrogen) atoms. The zero-order valence-electron chi connectivity index (χ0n) is 16.9. The summed E-state index contributed by atoms with van der Waals surface area (Å²) >= 11 is 0. The van der Waals surface area contributed by atoms with Crippen LogP contribution in [0.25, 0.3) is 27.7 Å². The number of fused-ring (bicyclic) bond motifs is 3. The maximum atomic E-state index is 12.1. The molecule has 0 spiro atoms. The Morgan fingerprint density at radius 2 is 1.87 bits per heavy atom. The monoisotopic (exact) mass is 417 g/mol. The maximum Gasteiger partial charge on any atom is 0.407 e. The molecule has 4 aromatic rings. The van der Waals surface area contributed by atoms with Crippen molar-refractivity contribution in [3.05, 3.63) is 70.6 Å². The van der Waals surface area contributed by atoms with Crippen molar-refractivity contribution in [3.8, 4) is 11.1 Å². The van der Waals surface area contributed by atoms with Gasteiger partial charge in [-0.2, -0.15) is 5.10 Å². The van der Waals surface area contributed by atoms with E-state index < -0.39 is 6.09 Å². The van der Waals surface area contributed by atoms with E-state index in [1.807, 2.05) is 30.3 Å². The van der Waals surface area contributed by atoms with Crippen molar-refractivity contribution in [2.45, 2.75) is 25.4 Å². The standard InChI is InChI=1S/C23H23N5O3/c29-22-26-25-21-13-19(18-3-1-2-4-20(18)28(21)22)16-7-5-15(6-8-16)14-24-17-9-11-27(12-10-17)23(30)31/h1-8,13,17,24H,9-12,14H2,(H,26,29)(H,30,31). The fourth-order valence-electron chi connectivity index (χ4n) is 4.32. The molecule has 158 valence electrons. The van der Waals surface area contributed by atoms with E-state index in [0.29, 0.717) is 24.8 Å². The van der Waals surface area contributed by atoms with Gasteiger partial charge in [-0.1, -0.05) is 42.5 Å². The fourth-order valence-corrected chi connectivity index (χ4v) is 4.32. The highest BCUT2D eigenvalue weighted by Crippen LogP contribution is 2.29. The Kier molecular flexibility index (Phi) is 4.91. The van der Waals surface area contributed by atoms with Crippen LogP contribution in [0.4, 0.5) is 4.79 Å². The number of amides is 1. The lowest BCUT2D eigenvalue weighted by atomic mass is 9.99. The Hall–Kier alpha value is -3.65. The number of aromatic amines is 1. The summed E-state index contributed by atoms with van der Waals surface area (Å²) in [6.45, 7) is 1.90. The molecule has 0 aliphatic carbocycles. The molecule has 1 amide bonds. The molecule has 8 heteroatoms. The second-order valence-corrected chi connectivity index (χ2v) is 7.92. The van der Waals surface area contributed by atoms with Crippen molar-refractivity contribution in [3.63, 3.8) is 0 Å². The van der Waals surface area contributed by atoms with Crippen LogP contribution in [-0.2, 0) is 6.54 Å². The van der Waals surface area contributed by atoms with Gasteiger partial charge in [-0.25, -0.2) is 19.1 Å². The lowest BCUT2D eigenvalue weighted by Crippen LogP contribution is -2.44. The minimum atomic E-state index is -0.834. The van der Waals surface area contributed by atoms with E-state index in [9.17, 15) is 9.59 Å². The normalized spacial score (nSPS) is 15.0. The van der Waals surface area contributed by atoms with E-state index >= 15 is 0 Å². The van der Waals surface area contributed by atoms with Gasteiger partial charge in [0.25, 0.3) is 0 Å². The van der Waals surface area contributed by atoms with Crippen LogP contribution in [0.15, 0.2) is 59.4 Å². The first-order valence-electron chi connectivity index (χ1n) is 10.4. The first kappa shape index (κ1) is 19.3. The van der Waals surface area contributed by atoms with Crippen molar-refractivity contribution in [1.82, 2.24) is 24.8 Å². The number of hydrogen-bond acceptors (Lipinski definition) is 4. The number of pyridine rings is 1. The Bertz CT molecular complexity index is 1300. The second kappa shape index (κ2) is 7.88. The Morgan fingerprint density at radius 1 is 1.13 bits per heavy atom. The molecule has 2 aromatic carbocycles. The molecular formula is C23H23N5O3. The predicted octanol–water partition coefficient (Wildman–Crippen LogP) is 3.07. The van der Waals surface area contributed by atoms with Crippen LogP contribution < -0.4 is 11.0 Å². The Balaban J connectivity index is 1.35. The molecule has 8 nitrogen and oxygen atoms in total. The molecule has 3 N–H and O–H groups in total. The third-order valence-electron chi connectivity index (χ3n) is 6.03. The van der Waals surface area contributed by atoms with Gasteiger partial charge in [0.05, 0.1) is 5.52 Å². The zero-order chi connectivity index (χ0) is 21.4. The minimum absolute atomic E-state index is 0.242. The van der Waals surface area contributed by atoms with Crippen LogP contribution in [0.1, 0.15) is 18.4 Å². The summed E-state index contributed by atoms with van der Waals surface area (Å²) in [6, 6.07) is 18.5. The van der Waals surface area contributed by atoms with Crippen LogP contribution in [0.2, 0.25) is 0 Å². The quantitative estimate of drug-likeness (QED) is 0.474. The third kappa shape index (κ3) is 3.66. The first-order chi connectivity index (χ1) is 15.1. The molecule has 1 aliphatic heterocycles. The zero-order valence-corrected chi connectivity index (χ0v) is 16.9. The average molecular weight is 417 g/mol. The predicted molar refractivity (Wildman–Crippen MR) is 118 cm³/mol. The number of nitrogens with zero attached hydrogens (tertiary/aromatic N) is 3. The van der Waals surface area contributed by atoms with Gasteiger partial charge in [-0.05, 0) is 41.7 Å². The number of benzene rings is 2. The summed E-state index contributed by atoms with van der Waals surface area (Å²) in [6.07, 6.45) is 0.832. The lowest BCUT2D eigenvalue weighted by Gasteiger charge is -2.30. The van der Waals surface area contributed by atoms with E-state index in [1.54, 1.807) is 4.40 Å². The van der Waals surface area contributed by atoms with Gasteiger partial charge in [0, 0.05) is 31.1 Å². The Morgan fingerprint density at radius 3 is 2.61 bits per heavy atom. The summed E-state index contributed by atoms with van der Waals surface area (Å²) in [7, 11) is 0. The lowest BCUT2D eigenvalue weighted by molar-refractivity contribution is 0.129. The van der Waals surface area contributed by atoms with Gasteiger partial charge in [0.15, 0.2) is 5.65 Å². The van der Waals surface area contributed by atoms with E-state index in [-0.39, 0.29) is 5.69 Å². The number of para-hydroxylation sites is 1. The van der Waals surface area contributed by atoms with E-state index in [2.05, 4.69) is 39.8 Å². The topological polar surface area (TPSA) is 103 Å². The molecule has 3 heterocycles. The highest BCUT2D eigenvalue weighted by Gasteiger charge is 2.21. The fraction of sp³-hybridized carbons (Fsp3) is 0.261. The second-order valence-electron chi connectivity index (χ2n) is 7.92. The molecule has 0 radical (unpaired) electrons. The number of piperidine rings is 1. The SMILES string of the molecule is O=C(O)N1CCC(NCc2ccc(-c3cc4n[nH]c(=O)n4c4ccccc34)cc2)CC1. The summed E-state index contributed by atoms with van der Waals surface area (Å²) < 4.78 is 1.59. The highest BCUT2D eigenvalue weighted by molar-refractivity contribution is 5.97. The largest absolute Gasteiger partial charge is 0.465 e. The summed E-state index contributed by atoms with van der Waals surface area (Å²) in [5.74, 6) is 0. The van der Waals surface area contributed by atoms with Crippen molar-refractivity contribution in [1.29, 1.82) is 0 Å². The molecular weight excluding hydrogens is 394 g/mol. The summed E-state index contributed by atoms with van der Waals surface area (Å²) in [4.78, 5) is 24.6. The maximum absolute atomic E-state index is 12.1. The minimum Gasteiger partial charge on any atom is -0.465 e. The molecule has 2 aromatic heterocycles. The smallest absolute Gasteiger partial charge is 0.407 e. The number of rotatable bonds is 4. The number of carboxylic acid groups (broad SMARTS) is 1. The molecule has 1 saturated heterocycles. The number of aromatic nitrogens is 3. The van der Waals surface area contributed by atoms with Crippen LogP contribution in [0.3, 0.4) is 0 Å². The number of likely N-dealkylation sites (tertiary alicyclic amines) is 1. The van der Waals surface area contributed by atoms with Gasteiger partial charge in [0.2, 0.25) is 0 Å². The van der Waals surface area contributed by atoms with Gasteiger partial charge >= 0.3 is 11.8 Å². The Labute approximate surface area is 178 Å². The highest BCUT2D eigenvalue weighted by atomic mass is 16.4. The van der Waals surface area contributed by atoms with Crippen LogP contribution in [0.5, 0.6) is 0 Å². The average Bonchev–Trinajstić information content (AvgIpc) is 3.18. The molecule has 0 atom stereocenters. The first-order valence-corrected chi connectivity index (χ1v) is 10.4. The van der Waals surface area contributed by atoms with Crippen molar-refractivity contribution < 1.29 is 9.90 Å². The molecule has 0 bridgehead atoms. The molecule has 0 unspecified atom stereocenters. The summed E-state index contributed by atoms with van der Waals surface area (Å²) in [5, 5.41) is 20.3. The molecule has 1 fully saturated rings. The number of nitrogens with one attached hydrogen (secondary N) is 2. The van der Waals surface area contributed by atoms with Crippen LogP contribution in [-0.4, -0.2) is 49.8 Å². The van der Waals surface area contributed by atoms with Crippen LogP contribution in [0, 0.1) is 0 Å². The molecule has 0 saturated carbocycles. The van der Waals surface area contributed by atoms with Gasteiger partial charge in [0.1, 0.15) is 0 Å². The van der Waals surface area contributed by atoms with E-state index in [1.165, 1.54) is 10.5 Å². The van der Waals surface area contributed by atoms with Gasteiger partial charge < -0.3 is 15.3 Å². The van der Waals surface area contributed by atoms with Crippen molar-refractivity contribution >= 4 is 22.6 Å². The number of carbonyl (C=O) groups is 1. The number of hydrogen-bond donors (Lipinski definition) is 3. The van der Waals surface area contributed by atoms with Crippen LogP contribution >= 0.6 is 0 Å². The van der Waals surface area contributed by atoms with E-state index in [0.717, 1.165) is 41.4 Å². The third-order valence-corrected chi connectivity index (χ3v) is 6.03.